The molecule has 1 atom stereocenters. The van der Waals surface area contributed by atoms with Crippen molar-refractivity contribution in [3.05, 3.63) is 57.6 Å². The zero-order valence-corrected chi connectivity index (χ0v) is 17.9. The molecule has 0 spiro atoms. The number of nitrogen functional groups attached to an aromatic ring is 1. The maximum absolute atomic E-state index is 14.8. The van der Waals surface area contributed by atoms with Crippen molar-refractivity contribution in [1.29, 1.82) is 0 Å². The summed E-state index contributed by atoms with van der Waals surface area (Å²) in [6.07, 6.45) is 1.46. The molecule has 0 amide bonds. The highest BCUT2D eigenvalue weighted by Gasteiger charge is 2.26. The fraction of sp³-hybridized carbons (Fsp3) is 0.211. The highest BCUT2D eigenvalue weighted by molar-refractivity contribution is 5.92. The fourth-order valence-electron chi connectivity index (χ4n) is 3.49. The summed E-state index contributed by atoms with van der Waals surface area (Å²) in [6, 6.07) is 2.14. The average Bonchev–Trinajstić information content (AvgIpc) is 3.11. The number of anilines is 2. The van der Waals surface area contributed by atoms with Gasteiger partial charge in [-0.1, -0.05) is 0 Å². The third-order valence-electron chi connectivity index (χ3n) is 4.99. The Bertz CT molecular complexity index is 1270. The minimum absolute atomic E-state index is 0. The highest BCUT2D eigenvalue weighted by atomic mass is 35.5. The summed E-state index contributed by atoms with van der Waals surface area (Å²) < 4.78 is 43.9. The molecule has 3 heterocycles. The maximum Gasteiger partial charge on any atom is 0.341 e. The molecule has 8 nitrogen and oxygen atoms in total. The molecule has 0 radical (unpaired) electrons. The van der Waals surface area contributed by atoms with Gasteiger partial charge >= 0.3 is 5.97 Å². The van der Waals surface area contributed by atoms with Crippen LogP contribution in [0.4, 0.5) is 24.7 Å². The molecule has 5 N–H and O–H groups in total. The van der Waals surface area contributed by atoms with Crippen LogP contribution in [0.15, 0.2) is 29.2 Å². The van der Waals surface area contributed by atoms with Crippen LogP contribution < -0.4 is 21.8 Å². The summed E-state index contributed by atoms with van der Waals surface area (Å²) in [6.45, 7) is 0.747. The zero-order chi connectivity index (χ0) is 21.7. The first-order chi connectivity index (χ1) is 14.2. The lowest BCUT2D eigenvalue weighted by Crippen LogP contribution is -2.28. The van der Waals surface area contributed by atoms with Crippen LogP contribution in [0.3, 0.4) is 0 Å². The maximum atomic E-state index is 14.8. The van der Waals surface area contributed by atoms with Crippen LogP contribution in [0, 0.1) is 17.5 Å². The van der Waals surface area contributed by atoms with Gasteiger partial charge in [-0.05, 0) is 18.6 Å². The third kappa shape index (κ3) is 4.18. The van der Waals surface area contributed by atoms with E-state index in [-0.39, 0.29) is 53.4 Å². The molecular weight excluding hydrogens is 474 g/mol. The molecule has 1 aliphatic rings. The summed E-state index contributed by atoms with van der Waals surface area (Å²) in [5.74, 6) is -4.63. The Balaban J connectivity index is 0.00000181. The molecule has 1 aliphatic heterocycles. The van der Waals surface area contributed by atoms with Gasteiger partial charge in [-0.15, -0.1) is 24.8 Å². The third-order valence-corrected chi connectivity index (χ3v) is 4.99. The Morgan fingerprint density at radius 3 is 2.41 bits per heavy atom. The van der Waals surface area contributed by atoms with Gasteiger partial charge in [0.15, 0.2) is 17.3 Å². The normalized spacial score (nSPS) is 15.4. The number of carboxylic acids is 1. The van der Waals surface area contributed by atoms with Crippen molar-refractivity contribution < 1.29 is 23.1 Å². The fourth-order valence-corrected chi connectivity index (χ4v) is 3.49. The van der Waals surface area contributed by atoms with Gasteiger partial charge < -0.3 is 21.5 Å². The van der Waals surface area contributed by atoms with Crippen molar-refractivity contribution in [2.75, 3.05) is 23.7 Å². The summed E-state index contributed by atoms with van der Waals surface area (Å²) in [5.41, 5.74) is 8.73. The number of nitrogens with two attached hydrogens (primary N) is 2. The van der Waals surface area contributed by atoms with E-state index in [2.05, 4.69) is 4.98 Å². The molecule has 3 aromatic rings. The Morgan fingerprint density at radius 2 is 1.81 bits per heavy atom. The van der Waals surface area contributed by atoms with Crippen molar-refractivity contribution in [3.63, 3.8) is 0 Å². The number of carboxylic acid groups (broad SMARTS) is 1. The van der Waals surface area contributed by atoms with E-state index in [1.54, 1.807) is 4.90 Å². The van der Waals surface area contributed by atoms with Gasteiger partial charge in [0, 0.05) is 31.4 Å². The standard InChI is InChI=1S/C19H16F3N5O3.2ClH/c20-11-4-12(21)15(5-14(11)24)27-7-10(19(29)30)16(28)9-3-13(22)18(25-17(9)27)26-2-1-8(23)6-26;;/h3-5,7-8H,1-2,6,23-24H2,(H,29,30);2*1H/t8-;;/m0../s1. The number of halogens is 5. The number of hydrogen-bond donors (Lipinski definition) is 3. The molecule has 32 heavy (non-hydrogen) atoms. The van der Waals surface area contributed by atoms with Gasteiger partial charge in [0.1, 0.15) is 17.2 Å². The number of nitrogens with zero attached hydrogens (tertiary/aromatic N) is 3. The summed E-state index contributed by atoms with van der Waals surface area (Å²) >= 11 is 0. The Hall–Kier alpha value is -3.02. The number of pyridine rings is 2. The number of carbonyl (C=O) groups is 1. The predicted molar refractivity (Wildman–Crippen MR) is 118 cm³/mol. The van der Waals surface area contributed by atoms with Crippen LogP contribution in [0.5, 0.6) is 0 Å². The SMILES string of the molecule is Cl.Cl.Nc1cc(-n2cc(C(=O)O)c(=O)c3cc(F)c(N4CC[C@H](N)C4)nc32)c(F)cc1F. The molecule has 4 rings (SSSR count). The van der Waals surface area contributed by atoms with E-state index in [1.807, 2.05) is 0 Å². The van der Waals surface area contributed by atoms with Crippen molar-refractivity contribution in [2.45, 2.75) is 12.5 Å². The molecule has 0 saturated carbocycles. The van der Waals surface area contributed by atoms with E-state index in [0.717, 1.165) is 22.9 Å². The number of fused-ring (bicyclic) bond motifs is 1. The first-order valence-corrected chi connectivity index (χ1v) is 8.92. The Kier molecular flexibility index (Phi) is 7.28. The van der Waals surface area contributed by atoms with E-state index < -0.39 is 40.1 Å². The van der Waals surface area contributed by atoms with Gasteiger partial charge in [-0.25, -0.2) is 22.9 Å². The van der Waals surface area contributed by atoms with Gasteiger partial charge in [0.25, 0.3) is 0 Å². The Morgan fingerprint density at radius 1 is 1.12 bits per heavy atom. The number of aromatic carboxylic acids is 1. The van der Waals surface area contributed by atoms with E-state index in [9.17, 15) is 27.9 Å². The molecule has 0 unspecified atom stereocenters. The van der Waals surface area contributed by atoms with Gasteiger partial charge in [-0.3, -0.25) is 9.36 Å². The summed E-state index contributed by atoms with van der Waals surface area (Å²) in [4.78, 5) is 29.9. The van der Waals surface area contributed by atoms with Gasteiger partial charge in [0.2, 0.25) is 5.43 Å². The lowest BCUT2D eigenvalue weighted by atomic mass is 10.1. The molecule has 2 aromatic heterocycles. The first-order valence-electron chi connectivity index (χ1n) is 8.92. The molecule has 1 aromatic carbocycles. The number of aromatic nitrogens is 2. The minimum Gasteiger partial charge on any atom is -0.477 e. The van der Waals surface area contributed by atoms with Gasteiger partial charge in [0.05, 0.1) is 16.8 Å². The van der Waals surface area contributed by atoms with Gasteiger partial charge in [-0.2, -0.15) is 0 Å². The van der Waals surface area contributed by atoms with E-state index >= 15 is 0 Å². The number of benzene rings is 1. The van der Waals surface area contributed by atoms with Crippen LogP contribution in [0.2, 0.25) is 0 Å². The van der Waals surface area contributed by atoms with Crippen LogP contribution in [-0.4, -0.2) is 39.8 Å². The van der Waals surface area contributed by atoms with E-state index in [0.29, 0.717) is 25.6 Å². The second kappa shape index (κ2) is 9.23. The van der Waals surface area contributed by atoms with Crippen molar-refractivity contribution >= 4 is 53.3 Å². The second-order valence-corrected chi connectivity index (χ2v) is 7.03. The molecule has 172 valence electrons. The van der Waals surface area contributed by atoms with Crippen LogP contribution in [-0.2, 0) is 0 Å². The summed E-state index contributed by atoms with van der Waals surface area (Å²) in [7, 11) is 0. The second-order valence-electron chi connectivity index (χ2n) is 7.03. The predicted octanol–water partition coefficient (Wildman–Crippen LogP) is 2.46. The highest BCUT2D eigenvalue weighted by Crippen LogP contribution is 2.28. The molecule has 13 heteroatoms. The molecule has 1 fully saturated rings. The number of hydrogen-bond acceptors (Lipinski definition) is 6. The molecule has 0 bridgehead atoms. The quantitative estimate of drug-likeness (QED) is 0.480. The zero-order valence-electron chi connectivity index (χ0n) is 16.2. The largest absolute Gasteiger partial charge is 0.477 e. The van der Waals surface area contributed by atoms with E-state index in [1.165, 1.54) is 0 Å². The minimum atomic E-state index is -1.60. The summed E-state index contributed by atoms with van der Waals surface area (Å²) in [5, 5.41) is 8.99. The lowest BCUT2D eigenvalue weighted by molar-refractivity contribution is 0.0695. The molecule has 1 saturated heterocycles. The molecular formula is C19H18Cl2F3N5O3. The monoisotopic (exact) mass is 491 g/mol. The van der Waals surface area contributed by atoms with E-state index in [4.69, 9.17) is 11.5 Å². The first kappa shape index (κ1) is 25.2. The molecule has 0 aliphatic carbocycles. The van der Waals surface area contributed by atoms with Crippen LogP contribution in [0.25, 0.3) is 16.7 Å². The van der Waals surface area contributed by atoms with Crippen molar-refractivity contribution in [3.8, 4) is 5.69 Å². The van der Waals surface area contributed by atoms with Crippen LogP contribution >= 0.6 is 24.8 Å². The van der Waals surface area contributed by atoms with Crippen molar-refractivity contribution in [2.24, 2.45) is 5.73 Å². The topological polar surface area (TPSA) is 127 Å². The van der Waals surface area contributed by atoms with Crippen LogP contribution in [0.1, 0.15) is 16.8 Å². The smallest absolute Gasteiger partial charge is 0.341 e. The number of rotatable bonds is 3. The lowest BCUT2D eigenvalue weighted by Gasteiger charge is -2.20. The van der Waals surface area contributed by atoms with Crippen molar-refractivity contribution in [1.82, 2.24) is 9.55 Å². The Labute approximate surface area is 191 Å². The average molecular weight is 492 g/mol.